The van der Waals surface area contributed by atoms with E-state index in [0.717, 1.165) is 11.3 Å². The van der Waals surface area contributed by atoms with E-state index in [1.54, 1.807) is 12.1 Å². The third-order valence-corrected chi connectivity index (χ3v) is 5.33. The van der Waals surface area contributed by atoms with Gasteiger partial charge in [-0.2, -0.15) is 0 Å². The lowest BCUT2D eigenvalue weighted by Gasteiger charge is -2.17. The van der Waals surface area contributed by atoms with Crippen LogP contribution in [-0.4, -0.2) is 6.61 Å². The summed E-state index contributed by atoms with van der Waals surface area (Å²) in [6.45, 7) is 2.94. The number of nitrogens with one attached hydrogen (secondary N) is 1. The number of hydrogen-bond donors (Lipinski definition) is 1. The van der Waals surface area contributed by atoms with Gasteiger partial charge in [0.05, 0.1) is 16.1 Å². The van der Waals surface area contributed by atoms with Crippen molar-refractivity contribution in [1.82, 2.24) is 0 Å². The fourth-order valence-corrected chi connectivity index (χ4v) is 3.66. The first kappa shape index (κ1) is 21.8. The zero-order valence-electron chi connectivity index (χ0n) is 15.6. The molecule has 0 saturated heterocycles. The van der Waals surface area contributed by atoms with E-state index in [1.807, 2.05) is 43.3 Å². The molecule has 29 heavy (non-hydrogen) atoms. The van der Waals surface area contributed by atoms with Gasteiger partial charge in [0.15, 0.2) is 11.5 Å². The van der Waals surface area contributed by atoms with Crippen molar-refractivity contribution in [3.05, 3.63) is 86.1 Å². The Kier molecular flexibility index (Phi) is 7.64. The SMILES string of the molecule is CCOc1cc(CNc2ccc(Cl)cc2)cc(Br)c1OCc1c(F)cccc1Cl. The van der Waals surface area contributed by atoms with E-state index in [9.17, 15) is 4.39 Å². The van der Waals surface area contributed by atoms with Crippen LogP contribution in [0.5, 0.6) is 11.5 Å². The molecule has 1 N–H and O–H groups in total. The van der Waals surface area contributed by atoms with Crippen LogP contribution in [-0.2, 0) is 13.2 Å². The van der Waals surface area contributed by atoms with Crippen LogP contribution in [0, 0.1) is 5.82 Å². The maximum atomic E-state index is 14.0. The fraction of sp³-hybridized carbons (Fsp3) is 0.182. The molecule has 3 aromatic carbocycles. The van der Waals surface area contributed by atoms with Crippen LogP contribution in [0.2, 0.25) is 10.0 Å². The predicted octanol–water partition coefficient (Wildman–Crippen LogP) is 7.48. The minimum Gasteiger partial charge on any atom is -0.490 e. The van der Waals surface area contributed by atoms with Gasteiger partial charge in [0.1, 0.15) is 12.4 Å². The lowest BCUT2D eigenvalue weighted by atomic mass is 10.2. The molecule has 3 nitrogen and oxygen atoms in total. The molecular formula is C22H19BrCl2FNO2. The highest BCUT2D eigenvalue weighted by molar-refractivity contribution is 9.10. The molecule has 0 unspecified atom stereocenters. The van der Waals surface area contributed by atoms with Gasteiger partial charge in [-0.15, -0.1) is 0 Å². The highest BCUT2D eigenvalue weighted by atomic mass is 79.9. The third-order valence-electron chi connectivity index (χ3n) is 4.13. The van der Waals surface area contributed by atoms with Gasteiger partial charge < -0.3 is 14.8 Å². The van der Waals surface area contributed by atoms with Gasteiger partial charge in [-0.25, -0.2) is 4.39 Å². The second kappa shape index (κ2) is 10.2. The molecule has 0 radical (unpaired) electrons. The van der Waals surface area contributed by atoms with Gasteiger partial charge in [0, 0.05) is 22.8 Å². The summed E-state index contributed by atoms with van der Waals surface area (Å²) in [5, 5.41) is 4.34. The molecule has 3 rings (SSSR count). The number of halogens is 4. The molecular weight excluding hydrogens is 480 g/mol. The first-order valence-electron chi connectivity index (χ1n) is 8.98. The Labute approximate surface area is 187 Å². The molecule has 0 bridgehead atoms. The van der Waals surface area contributed by atoms with Gasteiger partial charge in [0.25, 0.3) is 0 Å². The van der Waals surface area contributed by atoms with Gasteiger partial charge in [-0.3, -0.25) is 0 Å². The number of ether oxygens (including phenoxy) is 2. The lowest BCUT2D eigenvalue weighted by molar-refractivity contribution is 0.264. The molecule has 0 amide bonds. The summed E-state index contributed by atoms with van der Waals surface area (Å²) in [6.07, 6.45) is 0. The molecule has 0 spiro atoms. The molecule has 0 aliphatic rings. The quantitative estimate of drug-likeness (QED) is 0.349. The third kappa shape index (κ3) is 5.78. The Balaban J connectivity index is 1.77. The molecule has 0 saturated carbocycles. The minimum atomic E-state index is -0.407. The monoisotopic (exact) mass is 497 g/mol. The van der Waals surface area contributed by atoms with Crippen LogP contribution in [0.3, 0.4) is 0 Å². The maximum absolute atomic E-state index is 14.0. The Morgan fingerprint density at radius 1 is 1.03 bits per heavy atom. The molecule has 0 fully saturated rings. The average Bonchev–Trinajstić information content (AvgIpc) is 2.69. The maximum Gasteiger partial charge on any atom is 0.175 e. The number of hydrogen-bond acceptors (Lipinski definition) is 3. The molecule has 0 aliphatic heterocycles. The van der Waals surface area contributed by atoms with E-state index >= 15 is 0 Å². The summed E-state index contributed by atoms with van der Waals surface area (Å²) < 4.78 is 26.4. The number of anilines is 1. The first-order valence-corrected chi connectivity index (χ1v) is 10.5. The topological polar surface area (TPSA) is 30.5 Å². The molecule has 0 aromatic heterocycles. The van der Waals surface area contributed by atoms with Gasteiger partial charge in [-0.1, -0.05) is 29.3 Å². The van der Waals surface area contributed by atoms with Crippen molar-refractivity contribution in [1.29, 1.82) is 0 Å². The van der Waals surface area contributed by atoms with Crippen molar-refractivity contribution in [2.45, 2.75) is 20.1 Å². The van der Waals surface area contributed by atoms with Crippen molar-refractivity contribution >= 4 is 44.8 Å². The van der Waals surface area contributed by atoms with Gasteiger partial charge >= 0.3 is 0 Å². The van der Waals surface area contributed by atoms with Crippen molar-refractivity contribution < 1.29 is 13.9 Å². The Morgan fingerprint density at radius 3 is 2.48 bits per heavy atom. The van der Waals surface area contributed by atoms with Crippen molar-refractivity contribution in [2.75, 3.05) is 11.9 Å². The average molecular weight is 499 g/mol. The van der Waals surface area contributed by atoms with Crippen LogP contribution in [0.1, 0.15) is 18.1 Å². The second-order valence-corrected chi connectivity index (χ2v) is 7.89. The Hall–Kier alpha value is -1.95. The number of rotatable bonds is 8. The Morgan fingerprint density at radius 2 is 1.79 bits per heavy atom. The molecule has 0 heterocycles. The Bertz CT molecular complexity index is 963. The predicted molar refractivity (Wildman–Crippen MR) is 120 cm³/mol. The molecule has 7 heteroatoms. The van der Waals surface area contributed by atoms with E-state index in [1.165, 1.54) is 6.07 Å². The zero-order valence-corrected chi connectivity index (χ0v) is 18.7. The van der Waals surface area contributed by atoms with E-state index in [0.29, 0.717) is 44.7 Å². The van der Waals surface area contributed by atoms with Crippen LogP contribution in [0.15, 0.2) is 59.1 Å². The van der Waals surface area contributed by atoms with Crippen LogP contribution >= 0.6 is 39.1 Å². The summed E-state index contributed by atoms with van der Waals surface area (Å²) in [7, 11) is 0. The van der Waals surface area contributed by atoms with E-state index in [2.05, 4.69) is 21.2 Å². The molecule has 0 atom stereocenters. The molecule has 0 aliphatic carbocycles. The molecule has 152 valence electrons. The summed E-state index contributed by atoms with van der Waals surface area (Å²) in [5.41, 5.74) is 2.25. The summed E-state index contributed by atoms with van der Waals surface area (Å²) in [6, 6.07) is 15.9. The van der Waals surface area contributed by atoms with Crippen molar-refractivity contribution in [3.8, 4) is 11.5 Å². The first-order chi connectivity index (χ1) is 14.0. The summed E-state index contributed by atoms with van der Waals surface area (Å²) >= 11 is 15.5. The summed E-state index contributed by atoms with van der Waals surface area (Å²) in [4.78, 5) is 0. The highest BCUT2D eigenvalue weighted by Crippen LogP contribution is 2.38. The minimum absolute atomic E-state index is 0.00739. The smallest absolute Gasteiger partial charge is 0.175 e. The summed E-state index contributed by atoms with van der Waals surface area (Å²) in [5.74, 6) is 0.666. The largest absolute Gasteiger partial charge is 0.490 e. The number of benzene rings is 3. The highest BCUT2D eigenvalue weighted by Gasteiger charge is 2.15. The van der Waals surface area contributed by atoms with Gasteiger partial charge in [0.2, 0.25) is 0 Å². The van der Waals surface area contributed by atoms with E-state index < -0.39 is 5.82 Å². The second-order valence-electron chi connectivity index (χ2n) is 6.19. The van der Waals surface area contributed by atoms with Crippen molar-refractivity contribution in [3.63, 3.8) is 0 Å². The fourth-order valence-electron chi connectivity index (χ4n) is 2.71. The van der Waals surface area contributed by atoms with Crippen LogP contribution in [0.25, 0.3) is 0 Å². The lowest BCUT2D eigenvalue weighted by Crippen LogP contribution is -2.05. The van der Waals surface area contributed by atoms with Crippen LogP contribution in [0.4, 0.5) is 10.1 Å². The van der Waals surface area contributed by atoms with E-state index in [-0.39, 0.29) is 6.61 Å². The van der Waals surface area contributed by atoms with Crippen molar-refractivity contribution in [2.24, 2.45) is 0 Å². The normalized spacial score (nSPS) is 10.7. The standard InChI is InChI=1S/C22H19BrCl2FNO2/c1-2-28-21-11-14(12-27-16-8-6-15(24)7-9-16)10-18(23)22(21)29-13-17-19(25)4-3-5-20(17)26/h3-11,27H,2,12-13H2,1H3. The van der Waals surface area contributed by atoms with Crippen LogP contribution < -0.4 is 14.8 Å². The zero-order chi connectivity index (χ0) is 20.8. The molecule has 3 aromatic rings. The van der Waals surface area contributed by atoms with Gasteiger partial charge in [-0.05, 0) is 76.9 Å². The van der Waals surface area contributed by atoms with E-state index in [4.69, 9.17) is 32.7 Å².